The third-order valence-corrected chi connectivity index (χ3v) is 4.21. The zero-order valence-electron chi connectivity index (χ0n) is 11.9. The number of aromatic hydroxyl groups is 1. The van der Waals surface area contributed by atoms with E-state index in [1.54, 1.807) is 6.07 Å². The van der Waals surface area contributed by atoms with E-state index in [1.165, 1.54) is 18.7 Å². The van der Waals surface area contributed by atoms with Gasteiger partial charge in [0, 0.05) is 22.6 Å². The normalized spacial score (nSPS) is 10.6. The first-order valence-corrected chi connectivity index (χ1v) is 7.63. The van der Waals surface area contributed by atoms with E-state index >= 15 is 0 Å². The minimum absolute atomic E-state index is 0.195. The Labute approximate surface area is 132 Å². The molecule has 0 aliphatic rings. The van der Waals surface area contributed by atoms with Crippen molar-refractivity contribution in [3.05, 3.63) is 60.7 Å². The van der Waals surface area contributed by atoms with Crippen LogP contribution in [0.15, 0.2) is 70.5 Å². The number of carbonyl (C=O) groups excluding carboxylic acids is 1. The van der Waals surface area contributed by atoms with Crippen molar-refractivity contribution in [2.75, 3.05) is 0 Å². The van der Waals surface area contributed by atoms with E-state index in [2.05, 4.69) is 0 Å². The molecule has 0 saturated carbocycles. The molecule has 0 aliphatic carbocycles. The van der Waals surface area contributed by atoms with Gasteiger partial charge in [0.2, 0.25) is 0 Å². The average molecular weight is 310 g/mol. The zero-order chi connectivity index (χ0) is 15.5. The number of hydrogen-bond donors (Lipinski definition) is 1. The summed E-state index contributed by atoms with van der Waals surface area (Å²) in [6.45, 7) is 1.37. The SMILES string of the molecule is CC(=O)Oc1cc(Sc2ccccc2)c(O)c2ccccc12. The molecule has 0 atom stereocenters. The summed E-state index contributed by atoms with van der Waals surface area (Å²) in [4.78, 5) is 13.0. The minimum Gasteiger partial charge on any atom is -0.506 e. The lowest BCUT2D eigenvalue weighted by Crippen LogP contribution is -2.02. The van der Waals surface area contributed by atoms with E-state index in [9.17, 15) is 9.90 Å². The van der Waals surface area contributed by atoms with Gasteiger partial charge in [0.15, 0.2) is 0 Å². The Hall–Kier alpha value is -2.46. The minimum atomic E-state index is -0.383. The van der Waals surface area contributed by atoms with Gasteiger partial charge < -0.3 is 9.84 Å². The van der Waals surface area contributed by atoms with E-state index in [-0.39, 0.29) is 11.7 Å². The lowest BCUT2D eigenvalue weighted by Gasteiger charge is -2.12. The lowest BCUT2D eigenvalue weighted by atomic mass is 10.1. The first-order valence-electron chi connectivity index (χ1n) is 6.81. The lowest BCUT2D eigenvalue weighted by molar-refractivity contribution is -0.131. The molecular weight excluding hydrogens is 296 g/mol. The summed E-state index contributed by atoms with van der Waals surface area (Å²) in [6, 6.07) is 18.8. The molecule has 1 N–H and O–H groups in total. The van der Waals surface area contributed by atoms with Gasteiger partial charge in [0.25, 0.3) is 0 Å². The van der Waals surface area contributed by atoms with Crippen molar-refractivity contribution in [2.24, 2.45) is 0 Å². The molecule has 0 fully saturated rings. The fraction of sp³-hybridized carbons (Fsp3) is 0.0556. The highest BCUT2D eigenvalue weighted by atomic mass is 32.2. The van der Waals surface area contributed by atoms with Gasteiger partial charge in [-0.1, -0.05) is 54.2 Å². The van der Waals surface area contributed by atoms with E-state index in [1.807, 2.05) is 54.6 Å². The second-order valence-electron chi connectivity index (χ2n) is 4.78. The van der Waals surface area contributed by atoms with Gasteiger partial charge in [-0.05, 0) is 18.2 Å². The number of carbonyl (C=O) groups is 1. The molecule has 0 heterocycles. The molecule has 0 spiro atoms. The van der Waals surface area contributed by atoms with E-state index in [0.717, 1.165) is 4.90 Å². The molecule has 0 saturated heterocycles. The molecule has 0 aliphatic heterocycles. The van der Waals surface area contributed by atoms with Crippen LogP contribution in [0.5, 0.6) is 11.5 Å². The summed E-state index contributed by atoms with van der Waals surface area (Å²) >= 11 is 1.43. The van der Waals surface area contributed by atoms with E-state index in [4.69, 9.17) is 4.74 Å². The van der Waals surface area contributed by atoms with Crippen molar-refractivity contribution in [1.82, 2.24) is 0 Å². The monoisotopic (exact) mass is 310 g/mol. The summed E-state index contributed by atoms with van der Waals surface area (Å²) < 4.78 is 5.30. The van der Waals surface area contributed by atoms with Crippen LogP contribution in [0.2, 0.25) is 0 Å². The van der Waals surface area contributed by atoms with Gasteiger partial charge in [-0.3, -0.25) is 4.79 Å². The van der Waals surface area contributed by atoms with Crippen molar-refractivity contribution < 1.29 is 14.6 Å². The molecule has 0 radical (unpaired) electrons. The van der Waals surface area contributed by atoms with Crippen LogP contribution in [0.3, 0.4) is 0 Å². The smallest absolute Gasteiger partial charge is 0.308 e. The maximum absolute atomic E-state index is 11.3. The molecule has 0 bridgehead atoms. The number of esters is 1. The largest absolute Gasteiger partial charge is 0.506 e. The van der Waals surface area contributed by atoms with Crippen molar-refractivity contribution in [3.8, 4) is 11.5 Å². The number of ether oxygens (including phenoxy) is 1. The number of benzene rings is 3. The molecule has 3 aromatic rings. The Morgan fingerprint density at radius 3 is 2.32 bits per heavy atom. The highest BCUT2D eigenvalue weighted by Gasteiger charge is 2.14. The van der Waals surface area contributed by atoms with Crippen LogP contribution in [0.1, 0.15) is 6.92 Å². The van der Waals surface area contributed by atoms with Gasteiger partial charge in [-0.25, -0.2) is 0 Å². The molecule has 3 aromatic carbocycles. The highest BCUT2D eigenvalue weighted by molar-refractivity contribution is 7.99. The summed E-state index contributed by atoms with van der Waals surface area (Å²) in [5.74, 6) is 0.270. The molecular formula is C18H14O3S. The van der Waals surface area contributed by atoms with E-state index < -0.39 is 0 Å². The summed E-state index contributed by atoms with van der Waals surface area (Å²) in [5, 5.41) is 11.9. The van der Waals surface area contributed by atoms with Gasteiger partial charge in [0.1, 0.15) is 11.5 Å². The Kier molecular flexibility index (Phi) is 4.02. The number of fused-ring (bicyclic) bond motifs is 1. The average Bonchev–Trinajstić information content (AvgIpc) is 2.52. The van der Waals surface area contributed by atoms with Crippen LogP contribution < -0.4 is 4.74 Å². The first-order chi connectivity index (χ1) is 10.6. The predicted molar refractivity (Wildman–Crippen MR) is 87.5 cm³/mol. The second kappa shape index (κ2) is 6.12. The van der Waals surface area contributed by atoms with Crippen molar-refractivity contribution in [1.29, 1.82) is 0 Å². The first kappa shape index (κ1) is 14.5. The molecule has 3 rings (SSSR count). The van der Waals surface area contributed by atoms with Crippen molar-refractivity contribution in [3.63, 3.8) is 0 Å². The topological polar surface area (TPSA) is 46.5 Å². The Morgan fingerprint density at radius 1 is 1.00 bits per heavy atom. The van der Waals surface area contributed by atoms with Crippen LogP contribution in [-0.4, -0.2) is 11.1 Å². The van der Waals surface area contributed by atoms with Crippen molar-refractivity contribution >= 4 is 28.5 Å². The van der Waals surface area contributed by atoms with Gasteiger partial charge in [-0.15, -0.1) is 0 Å². The molecule has 0 amide bonds. The molecule has 0 unspecified atom stereocenters. The van der Waals surface area contributed by atoms with Gasteiger partial charge in [0.05, 0.1) is 4.90 Å². The fourth-order valence-electron chi connectivity index (χ4n) is 2.23. The second-order valence-corrected chi connectivity index (χ2v) is 5.89. The number of hydrogen-bond acceptors (Lipinski definition) is 4. The third kappa shape index (κ3) is 2.92. The van der Waals surface area contributed by atoms with E-state index in [0.29, 0.717) is 21.4 Å². The highest BCUT2D eigenvalue weighted by Crippen LogP contribution is 2.43. The standard InChI is InChI=1S/C18H14O3S/c1-12(19)21-16-11-17(22-13-7-3-2-4-8-13)18(20)15-10-6-5-9-14(15)16/h2-11,20H,1H3. The maximum atomic E-state index is 11.3. The maximum Gasteiger partial charge on any atom is 0.308 e. The molecule has 4 heteroatoms. The molecule has 110 valence electrons. The summed E-state index contributed by atoms with van der Waals surface area (Å²) in [7, 11) is 0. The summed E-state index contributed by atoms with van der Waals surface area (Å²) in [5.41, 5.74) is 0. The quantitative estimate of drug-likeness (QED) is 0.566. The van der Waals surface area contributed by atoms with Crippen LogP contribution in [0.4, 0.5) is 0 Å². The third-order valence-electron chi connectivity index (χ3n) is 3.17. The molecule has 0 aromatic heterocycles. The van der Waals surface area contributed by atoms with Gasteiger partial charge >= 0.3 is 5.97 Å². The van der Waals surface area contributed by atoms with Crippen LogP contribution in [-0.2, 0) is 4.79 Å². The predicted octanol–water partition coefficient (Wildman–Crippen LogP) is 4.62. The summed E-state index contributed by atoms with van der Waals surface area (Å²) in [6.07, 6.45) is 0. The number of rotatable bonds is 3. The number of phenols is 1. The fourth-order valence-corrected chi connectivity index (χ4v) is 3.15. The molecule has 3 nitrogen and oxygen atoms in total. The van der Waals surface area contributed by atoms with Crippen molar-refractivity contribution in [2.45, 2.75) is 16.7 Å². The van der Waals surface area contributed by atoms with Gasteiger partial charge in [-0.2, -0.15) is 0 Å². The van der Waals surface area contributed by atoms with Crippen LogP contribution in [0.25, 0.3) is 10.8 Å². The Bertz CT molecular complexity index is 828. The zero-order valence-corrected chi connectivity index (χ0v) is 12.8. The van der Waals surface area contributed by atoms with Crippen LogP contribution in [0, 0.1) is 0 Å². The Morgan fingerprint density at radius 2 is 1.64 bits per heavy atom. The Balaban J connectivity index is 2.13. The van der Waals surface area contributed by atoms with Crippen LogP contribution >= 0.6 is 11.8 Å². The number of phenolic OH excluding ortho intramolecular Hbond substituents is 1. The molecule has 22 heavy (non-hydrogen) atoms.